The minimum Gasteiger partial charge on any atom is -0.293 e. The predicted molar refractivity (Wildman–Crippen MR) is 104 cm³/mol. The van der Waals surface area contributed by atoms with Gasteiger partial charge in [0.15, 0.2) is 5.78 Å². The van der Waals surface area contributed by atoms with Crippen LogP contribution in [-0.2, 0) is 16.4 Å². The molecular weight excluding hydrogens is 354 g/mol. The molecule has 0 atom stereocenters. The molecule has 6 heteroatoms. The van der Waals surface area contributed by atoms with E-state index in [9.17, 15) is 13.2 Å². The lowest BCUT2D eigenvalue weighted by Crippen LogP contribution is -2.24. The number of carbonyl (C=O) groups excluding carboxylic acids is 1. The molecule has 0 spiro atoms. The molecule has 0 heterocycles. The van der Waals surface area contributed by atoms with E-state index >= 15 is 0 Å². The van der Waals surface area contributed by atoms with Crippen molar-refractivity contribution in [2.75, 3.05) is 18.6 Å². The highest BCUT2D eigenvalue weighted by Gasteiger charge is 2.08. The van der Waals surface area contributed by atoms with Crippen molar-refractivity contribution in [2.24, 2.45) is 0 Å². The second kappa shape index (κ2) is 8.65. The topological polar surface area (TPSA) is 63.2 Å². The number of carbonyl (C=O) groups is 1. The van der Waals surface area contributed by atoms with Gasteiger partial charge in [0.05, 0.1) is 12.0 Å². The average Bonchev–Trinajstić information content (AvgIpc) is 2.53. The van der Waals surface area contributed by atoms with Crippen LogP contribution in [0.4, 0.5) is 0 Å². The van der Waals surface area contributed by atoms with Gasteiger partial charge in [0.2, 0.25) is 10.0 Å². The van der Waals surface area contributed by atoms with Gasteiger partial charge in [0.25, 0.3) is 0 Å². The van der Waals surface area contributed by atoms with Crippen LogP contribution in [0.3, 0.4) is 0 Å². The zero-order chi connectivity index (χ0) is 18.4. The fraction of sp³-hybridized carbons (Fsp3) is 0.316. The van der Waals surface area contributed by atoms with Gasteiger partial charge in [-0.05, 0) is 37.5 Å². The van der Waals surface area contributed by atoms with Crippen LogP contribution < -0.4 is 4.72 Å². The van der Waals surface area contributed by atoms with Gasteiger partial charge in [-0.25, -0.2) is 13.1 Å². The highest BCUT2D eigenvalue weighted by molar-refractivity contribution is 8.00. The van der Waals surface area contributed by atoms with E-state index in [0.717, 1.165) is 16.7 Å². The molecule has 0 bridgehead atoms. The highest BCUT2D eigenvalue weighted by Crippen LogP contribution is 2.24. The zero-order valence-corrected chi connectivity index (χ0v) is 16.3. The van der Waals surface area contributed by atoms with E-state index in [0.29, 0.717) is 24.3 Å². The Hall–Kier alpha value is -1.63. The van der Waals surface area contributed by atoms with Crippen molar-refractivity contribution < 1.29 is 13.2 Å². The molecule has 0 aliphatic carbocycles. The molecule has 2 aromatic carbocycles. The summed E-state index contributed by atoms with van der Waals surface area (Å²) in [6, 6.07) is 13.6. The lowest BCUT2D eigenvalue weighted by atomic mass is 10.1. The maximum Gasteiger partial charge on any atom is 0.208 e. The summed E-state index contributed by atoms with van der Waals surface area (Å²) in [5, 5.41) is 0. The monoisotopic (exact) mass is 377 g/mol. The Morgan fingerprint density at radius 3 is 2.36 bits per heavy atom. The minimum atomic E-state index is -3.16. The van der Waals surface area contributed by atoms with Crippen molar-refractivity contribution in [3.8, 4) is 0 Å². The Morgan fingerprint density at radius 2 is 1.76 bits per heavy atom. The Bertz CT molecular complexity index is 843. The smallest absolute Gasteiger partial charge is 0.208 e. The van der Waals surface area contributed by atoms with Gasteiger partial charge in [-0.1, -0.05) is 42.0 Å². The molecule has 0 aliphatic rings. The van der Waals surface area contributed by atoms with Gasteiger partial charge in [0, 0.05) is 17.0 Å². The summed E-state index contributed by atoms with van der Waals surface area (Å²) in [5.74, 6) is 0.490. The molecule has 25 heavy (non-hydrogen) atoms. The maximum absolute atomic E-state index is 12.3. The summed E-state index contributed by atoms with van der Waals surface area (Å²) in [5.41, 5.74) is 4.08. The quantitative estimate of drug-likeness (QED) is 0.566. The van der Waals surface area contributed by atoms with Gasteiger partial charge in [0.1, 0.15) is 0 Å². The minimum absolute atomic E-state index is 0.0887. The SMILES string of the molecule is Cc1ccc(SCC(=O)c2ccc(CCNS(C)(=O)=O)cc2)c(C)c1. The average molecular weight is 378 g/mol. The summed E-state index contributed by atoms with van der Waals surface area (Å²) in [7, 11) is -3.16. The van der Waals surface area contributed by atoms with E-state index in [4.69, 9.17) is 0 Å². The van der Waals surface area contributed by atoms with Crippen LogP contribution in [0.15, 0.2) is 47.4 Å². The second-order valence-electron chi connectivity index (χ2n) is 6.09. The molecule has 2 rings (SSSR count). The predicted octanol–water partition coefficient (Wildman–Crippen LogP) is 3.37. The third-order valence-electron chi connectivity index (χ3n) is 3.74. The van der Waals surface area contributed by atoms with Crippen molar-refractivity contribution in [2.45, 2.75) is 25.2 Å². The number of ketones is 1. The number of aryl methyl sites for hydroxylation is 2. The molecule has 0 amide bonds. The van der Waals surface area contributed by atoms with Crippen LogP contribution in [0.25, 0.3) is 0 Å². The first-order valence-corrected chi connectivity index (χ1v) is 10.9. The lowest BCUT2D eigenvalue weighted by molar-refractivity contribution is 0.102. The number of hydrogen-bond acceptors (Lipinski definition) is 4. The Kier molecular flexibility index (Phi) is 6.81. The fourth-order valence-electron chi connectivity index (χ4n) is 2.43. The van der Waals surface area contributed by atoms with E-state index < -0.39 is 10.0 Å². The van der Waals surface area contributed by atoms with Crippen LogP contribution in [0.1, 0.15) is 27.0 Å². The molecule has 0 aromatic heterocycles. The standard InChI is InChI=1S/C19H23NO3S2/c1-14-4-9-19(15(2)12-14)24-13-18(21)17-7-5-16(6-8-17)10-11-20-25(3,22)23/h4-9,12,20H,10-11,13H2,1-3H3. The van der Waals surface area contributed by atoms with Crippen molar-refractivity contribution in [3.63, 3.8) is 0 Å². The third kappa shape index (κ3) is 6.65. The number of Topliss-reactive ketones (excluding diaryl/α,β-unsaturated/α-hetero) is 1. The molecule has 0 saturated heterocycles. The van der Waals surface area contributed by atoms with E-state index in [1.165, 1.54) is 11.1 Å². The summed E-state index contributed by atoms with van der Waals surface area (Å²) < 4.78 is 24.5. The van der Waals surface area contributed by atoms with Gasteiger partial charge < -0.3 is 0 Å². The Labute approximate surface area is 154 Å². The van der Waals surface area contributed by atoms with E-state index in [2.05, 4.69) is 36.8 Å². The first kappa shape index (κ1) is 19.7. The van der Waals surface area contributed by atoms with Crippen molar-refractivity contribution in [1.29, 1.82) is 0 Å². The molecule has 134 valence electrons. The number of hydrogen-bond donors (Lipinski definition) is 1. The van der Waals surface area contributed by atoms with E-state index in [1.54, 1.807) is 23.9 Å². The number of rotatable bonds is 8. The molecular formula is C19H23NO3S2. The van der Waals surface area contributed by atoms with E-state index in [1.807, 2.05) is 12.1 Å². The normalized spacial score (nSPS) is 11.5. The van der Waals surface area contributed by atoms with Gasteiger partial charge in [-0.15, -0.1) is 11.8 Å². The molecule has 0 radical (unpaired) electrons. The van der Waals surface area contributed by atoms with Gasteiger partial charge in [-0.3, -0.25) is 4.79 Å². The van der Waals surface area contributed by atoms with Crippen molar-refractivity contribution in [3.05, 3.63) is 64.7 Å². The van der Waals surface area contributed by atoms with Crippen molar-refractivity contribution in [1.82, 2.24) is 4.72 Å². The molecule has 0 saturated carbocycles. The van der Waals surface area contributed by atoms with E-state index in [-0.39, 0.29) is 5.78 Å². The molecule has 0 unspecified atom stereocenters. The number of thioether (sulfide) groups is 1. The second-order valence-corrected chi connectivity index (χ2v) is 8.94. The zero-order valence-electron chi connectivity index (χ0n) is 14.7. The lowest BCUT2D eigenvalue weighted by Gasteiger charge is -2.07. The first-order chi connectivity index (χ1) is 11.7. The molecule has 1 N–H and O–H groups in total. The number of nitrogens with one attached hydrogen (secondary N) is 1. The first-order valence-electron chi connectivity index (χ1n) is 8.01. The maximum atomic E-state index is 12.3. The van der Waals surface area contributed by atoms with Crippen molar-refractivity contribution >= 4 is 27.6 Å². The summed E-state index contributed by atoms with van der Waals surface area (Å²) in [6.45, 7) is 4.47. The van der Waals surface area contributed by atoms with Crippen LogP contribution in [0, 0.1) is 13.8 Å². The number of sulfonamides is 1. The highest BCUT2D eigenvalue weighted by atomic mass is 32.2. The van der Waals surface area contributed by atoms with Gasteiger partial charge in [-0.2, -0.15) is 0 Å². The Morgan fingerprint density at radius 1 is 1.08 bits per heavy atom. The summed E-state index contributed by atoms with van der Waals surface area (Å²) in [6.07, 6.45) is 1.74. The van der Waals surface area contributed by atoms with Gasteiger partial charge >= 0.3 is 0 Å². The van der Waals surface area contributed by atoms with Crippen LogP contribution in [0.2, 0.25) is 0 Å². The van der Waals surface area contributed by atoms with Crippen LogP contribution >= 0.6 is 11.8 Å². The molecule has 0 aliphatic heterocycles. The summed E-state index contributed by atoms with van der Waals surface area (Å²) in [4.78, 5) is 13.5. The number of benzene rings is 2. The molecule has 2 aromatic rings. The fourth-order valence-corrected chi connectivity index (χ4v) is 3.80. The molecule has 4 nitrogen and oxygen atoms in total. The largest absolute Gasteiger partial charge is 0.293 e. The van der Waals surface area contributed by atoms with Crippen LogP contribution in [-0.4, -0.2) is 32.8 Å². The Balaban J connectivity index is 1.89. The van der Waals surface area contributed by atoms with Crippen LogP contribution in [0.5, 0.6) is 0 Å². The molecule has 0 fully saturated rings. The summed E-state index contributed by atoms with van der Waals surface area (Å²) >= 11 is 1.55. The third-order valence-corrected chi connectivity index (χ3v) is 5.65.